The molecule has 0 heteroatoms. The van der Waals surface area contributed by atoms with Crippen LogP contribution in [0, 0.1) is 6.92 Å². The lowest BCUT2D eigenvalue weighted by molar-refractivity contribution is 0.656. The quantitative estimate of drug-likeness (QED) is 0.545. The molecule has 0 unspecified atom stereocenters. The summed E-state index contributed by atoms with van der Waals surface area (Å²) in [6.07, 6.45) is 7.01. The molecule has 2 aromatic carbocycles. The SMILES string of the molecule is CCCCCCC.Cc1ccccc1.c1ccccc1. The highest BCUT2D eigenvalue weighted by atomic mass is 13.9. The van der Waals surface area contributed by atoms with Gasteiger partial charge < -0.3 is 0 Å². The van der Waals surface area contributed by atoms with Crippen LogP contribution in [-0.2, 0) is 0 Å². The third kappa shape index (κ3) is 14.5. The van der Waals surface area contributed by atoms with Gasteiger partial charge in [-0.25, -0.2) is 0 Å². The van der Waals surface area contributed by atoms with Gasteiger partial charge in [0.2, 0.25) is 0 Å². The first kappa shape index (κ1) is 18.4. The van der Waals surface area contributed by atoms with Crippen LogP contribution in [0.25, 0.3) is 0 Å². The molecule has 0 saturated carbocycles. The van der Waals surface area contributed by atoms with Gasteiger partial charge in [-0.05, 0) is 6.92 Å². The van der Waals surface area contributed by atoms with Crippen molar-refractivity contribution in [1.29, 1.82) is 0 Å². The zero-order valence-corrected chi connectivity index (χ0v) is 13.4. The lowest BCUT2D eigenvalue weighted by Crippen LogP contribution is -1.70. The van der Waals surface area contributed by atoms with Gasteiger partial charge in [-0.3, -0.25) is 0 Å². The van der Waals surface area contributed by atoms with E-state index in [0.29, 0.717) is 0 Å². The average Bonchev–Trinajstić information content (AvgIpc) is 2.52. The Morgan fingerprint density at radius 1 is 0.550 bits per heavy atom. The third-order valence-electron chi connectivity index (χ3n) is 2.81. The molecule has 20 heavy (non-hydrogen) atoms. The molecule has 2 aromatic rings. The van der Waals surface area contributed by atoms with Gasteiger partial charge in [-0.2, -0.15) is 0 Å². The molecule has 110 valence electrons. The van der Waals surface area contributed by atoms with Crippen LogP contribution in [0.3, 0.4) is 0 Å². The van der Waals surface area contributed by atoms with E-state index in [1.54, 1.807) is 0 Å². The molecule has 0 atom stereocenters. The fourth-order valence-electron chi connectivity index (χ4n) is 1.60. The van der Waals surface area contributed by atoms with Gasteiger partial charge in [0.1, 0.15) is 0 Å². The highest BCUT2D eigenvalue weighted by molar-refractivity contribution is 5.11. The number of rotatable bonds is 4. The summed E-state index contributed by atoms with van der Waals surface area (Å²) in [6, 6.07) is 22.3. The molecule has 0 aliphatic carbocycles. The van der Waals surface area contributed by atoms with Gasteiger partial charge in [-0.15, -0.1) is 0 Å². The second-order valence-electron chi connectivity index (χ2n) is 4.87. The molecule has 0 aromatic heterocycles. The van der Waals surface area contributed by atoms with E-state index >= 15 is 0 Å². The van der Waals surface area contributed by atoms with Gasteiger partial charge in [0.05, 0.1) is 0 Å². The first-order chi connectivity index (χ1) is 9.81. The average molecular weight is 270 g/mol. The van der Waals surface area contributed by atoms with E-state index in [4.69, 9.17) is 0 Å². The summed E-state index contributed by atoms with van der Waals surface area (Å²) in [7, 11) is 0. The van der Waals surface area contributed by atoms with Gasteiger partial charge in [0, 0.05) is 0 Å². The Labute approximate surface area is 125 Å². The van der Waals surface area contributed by atoms with E-state index in [1.165, 1.54) is 37.7 Å². The largest absolute Gasteiger partial charge is 0.0654 e. The lowest BCUT2D eigenvalue weighted by Gasteiger charge is -1.90. The van der Waals surface area contributed by atoms with E-state index in [-0.39, 0.29) is 0 Å². The van der Waals surface area contributed by atoms with Crippen molar-refractivity contribution in [2.75, 3.05) is 0 Å². The van der Waals surface area contributed by atoms with Crippen LogP contribution in [0.1, 0.15) is 51.5 Å². The molecule has 0 aliphatic heterocycles. The van der Waals surface area contributed by atoms with E-state index in [9.17, 15) is 0 Å². The van der Waals surface area contributed by atoms with Crippen molar-refractivity contribution in [2.24, 2.45) is 0 Å². The fraction of sp³-hybridized carbons (Fsp3) is 0.400. The van der Waals surface area contributed by atoms with Crippen molar-refractivity contribution in [3.05, 3.63) is 72.3 Å². The summed E-state index contributed by atoms with van der Waals surface area (Å²) in [6.45, 7) is 6.57. The van der Waals surface area contributed by atoms with Crippen molar-refractivity contribution in [3.63, 3.8) is 0 Å². The van der Waals surface area contributed by atoms with Gasteiger partial charge in [0.25, 0.3) is 0 Å². The first-order valence-corrected chi connectivity index (χ1v) is 7.82. The van der Waals surface area contributed by atoms with E-state index in [2.05, 4.69) is 32.9 Å². The van der Waals surface area contributed by atoms with Crippen molar-refractivity contribution < 1.29 is 0 Å². The molecule has 0 nitrogen and oxygen atoms in total. The predicted octanol–water partition coefficient (Wildman–Crippen LogP) is 6.66. The fourth-order valence-corrected chi connectivity index (χ4v) is 1.60. The number of hydrogen-bond donors (Lipinski definition) is 0. The Morgan fingerprint density at radius 3 is 1.15 bits per heavy atom. The molecule has 0 spiro atoms. The molecule has 0 bridgehead atoms. The topological polar surface area (TPSA) is 0 Å². The van der Waals surface area contributed by atoms with Crippen molar-refractivity contribution >= 4 is 0 Å². The van der Waals surface area contributed by atoms with Crippen LogP contribution in [-0.4, -0.2) is 0 Å². The van der Waals surface area contributed by atoms with Crippen LogP contribution < -0.4 is 0 Å². The molecule has 0 amide bonds. The minimum atomic E-state index is 1.32. The molecule has 0 saturated heterocycles. The number of hydrogen-bond acceptors (Lipinski definition) is 0. The van der Waals surface area contributed by atoms with Gasteiger partial charge in [-0.1, -0.05) is 118 Å². The maximum Gasteiger partial charge on any atom is -0.0398 e. The molecule has 0 radical (unpaired) electrons. The van der Waals surface area contributed by atoms with Gasteiger partial charge >= 0.3 is 0 Å². The lowest BCUT2D eigenvalue weighted by atomic mass is 10.2. The van der Waals surface area contributed by atoms with Crippen molar-refractivity contribution in [1.82, 2.24) is 0 Å². The van der Waals surface area contributed by atoms with Crippen LogP contribution in [0.5, 0.6) is 0 Å². The normalized spacial score (nSPS) is 8.75. The zero-order chi connectivity index (χ0) is 14.9. The molecule has 0 heterocycles. The molecular weight excluding hydrogens is 240 g/mol. The van der Waals surface area contributed by atoms with Crippen LogP contribution in [0.2, 0.25) is 0 Å². The Hall–Kier alpha value is -1.56. The van der Waals surface area contributed by atoms with E-state index < -0.39 is 0 Å². The van der Waals surface area contributed by atoms with Crippen LogP contribution >= 0.6 is 0 Å². The predicted molar refractivity (Wildman–Crippen MR) is 92.1 cm³/mol. The maximum atomic E-state index is 2.25. The summed E-state index contributed by atoms with van der Waals surface area (Å²) < 4.78 is 0. The Morgan fingerprint density at radius 2 is 0.900 bits per heavy atom. The minimum Gasteiger partial charge on any atom is -0.0654 e. The van der Waals surface area contributed by atoms with E-state index in [0.717, 1.165) is 0 Å². The molecular formula is C20H30. The Balaban J connectivity index is 0.000000271. The number of aryl methyl sites for hydroxylation is 1. The number of benzene rings is 2. The van der Waals surface area contributed by atoms with Crippen molar-refractivity contribution in [3.8, 4) is 0 Å². The summed E-state index contributed by atoms with van der Waals surface area (Å²) in [4.78, 5) is 0. The molecule has 0 aliphatic rings. The van der Waals surface area contributed by atoms with Crippen LogP contribution in [0.4, 0.5) is 0 Å². The Kier molecular flexibility index (Phi) is 14.3. The molecule has 0 N–H and O–H groups in total. The zero-order valence-electron chi connectivity index (χ0n) is 13.4. The van der Waals surface area contributed by atoms with Crippen molar-refractivity contribution in [2.45, 2.75) is 52.9 Å². The minimum absolute atomic E-state index is 1.32. The second kappa shape index (κ2) is 15.5. The molecule has 2 rings (SSSR count). The standard InChI is InChI=1S/C7H8.C7H16.C6H6/c1-7-5-3-2-4-6-7;1-3-5-7-6-4-2;1-2-4-6-5-3-1/h2-6H,1H3;3-7H2,1-2H3;1-6H. The summed E-state index contributed by atoms with van der Waals surface area (Å²) >= 11 is 0. The smallest absolute Gasteiger partial charge is 0.0398 e. The first-order valence-electron chi connectivity index (χ1n) is 7.82. The molecule has 0 fully saturated rings. The number of unbranched alkanes of at least 4 members (excludes halogenated alkanes) is 4. The monoisotopic (exact) mass is 270 g/mol. The van der Waals surface area contributed by atoms with Crippen LogP contribution in [0.15, 0.2) is 66.7 Å². The third-order valence-corrected chi connectivity index (χ3v) is 2.81. The Bertz CT molecular complexity index is 333. The highest BCUT2D eigenvalue weighted by Crippen LogP contribution is 2.00. The summed E-state index contributed by atoms with van der Waals surface area (Å²) in [5.41, 5.74) is 1.32. The maximum absolute atomic E-state index is 2.25. The van der Waals surface area contributed by atoms with Gasteiger partial charge in [0.15, 0.2) is 0 Å². The summed E-state index contributed by atoms with van der Waals surface area (Å²) in [5.74, 6) is 0. The second-order valence-corrected chi connectivity index (χ2v) is 4.87. The van der Waals surface area contributed by atoms with E-state index in [1.807, 2.05) is 54.6 Å². The highest BCUT2D eigenvalue weighted by Gasteiger charge is 1.80. The summed E-state index contributed by atoms with van der Waals surface area (Å²) in [5, 5.41) is 0.